The van der Waals surface area contributed by atoms with Crippen LogP contribution in [0.4, 0.5) is 0 Å². The van der Waals surface area contributed by atoms with Gasteiger partial charge >= 0.3 is 5.97 Å². The minimum Gasteiger partial charge on any atom is -0.481 e. The second-order valence-electron chi connectivity index (χ2n) is 4.34. The maximum absolute atomic E-state index is 10.5. The third-order valence-corrected chi connectivity index (χ3v) is 4.22. The first-order chi connectivity index (χ1) is 7.10. The first-order valence-electron chi connectivity index (χ1n) is 5.15. The van der Waals surface area contributed by atoms with Gasteiger partial charge in [-0.3, -0.25) is 4.79 Å². The van der Waals surface area contributed by atoms with Crippen LogP contribution in [0.1, 0.15) is 42.6 Å². The Balaban J connectivity index is 2.15. The summed E-state index contributed by atoms with van der Waals surface area (Å²) in [4.78, 5) is 10.5. The molecule has 4 nitrogen and oxygen atoms in total. The molecule has 0 bridgehead atoms. The van der Waals surface area contributed by atoms with E-state index in [2.05, 4.69) is 17.1 Å². The van der Waals surface area contributed by atoms with Gasteiger partial charge in [0, 0.05) is 5.41 Å². The zero-order valence-corrected chi connectivity index (χ0v) is 9.51. The summed E-state index contributed by atoms with van der Waals surface area (Å²) in [6.07, 6.45) is 4.77. The topological polar surface area (TPSA) is 63.1 Å². The normalized spacial score (nSPS) is 19.3. The number of carbonyl (C=O) groups is 1. The Labute approximate surface area is 92.3 Å². The van der Waals surface area contributed by atoms with E-state index >= 15 is 0 Å². The zero-order valence-electron chi connectivity index (χ0n) is 8.69. The van der Waals surface area contributed by atoms with E-state index in [1.807, 2.05) is 0 Å². The number of aromatic nitrogens is 2. The van der Waals surface area contributed by atoms with Crippen LogP contribution in [0.3, 0.4) is 0 Å². The highest BCUT2D eigenvalue weighted by Crippen LogP contribution is 2.41. The number of hydrogen-bond donors (Lipinski definition) is 1. The molecule has 0 radical (unpaired) electrons. The van der Waals surface area contributed by atoms with Crippen LogP contribution in [0.2, 0.25) is 0 Å². The smallest absolute Gasteiger partial charge is 0.310 e. The lowest BCUT2D eigenvalue weighted by Gasteiger charge is -2.18. The van der Waals surface area contributed by atoms with Gasteiger partial charge in [-0.05, 0) is 12.8 Å². The second-order valence-corrected chi connectivity index (χ2v) is 5.40. The molecule has 5 heteroatoms. The summed E-state index contributed by atoms with van der Waals surface area (Å²) >= 11 is 1.45. The van der Waals surface area contributed by atoms with Crippen LogP contribution < -0.4 is 0 Å². The molecule has 0 atom stereocenters. The molecular formula is C10H14N2O2S. The third-order valence-electron chi connectivity index (χ3n) is 2.99. The van der Waals surface area contributed by atoms with Crippen LogP contribution >= 0.6 is 11.3 Å². The van der Waals surface area contributed by atoms with Crippen molar-refractivity contribution in [3.05, 3.63) is 10.0 Å². The quantitative estimate of drug-likeness (QED) is 0.856. The fourth-order valence-corrected chi connectivity index (χ4v) is 3.10. The largest absolute Gasteiger partial charge is 0.481 e. The van der Waals surface area contributed by atoms with Gasteiger partial charge in [0.1, 0.15) is 10.0 Å². The Bertz CT molecular complexity index is 369. The molecule has 1 heterocycles. The first kappa shape index (κ1) is 10.5. The standard InChI is InChI=1S/C10H14N2O2S/c1-10(4-2-3-5-10)9-12-11-7(15-9)6-8(13)14/h2-6H2,1H3,(H,13,14). The van der Waals surface area contributed by atoms with Gasteiger partial charge in [0.05, 0.1) is 6.42 Å². The Morgan fingerprint density at radius 3 is 2.73 bits per heavy atom. The van der Waals surface area contributed by atoms with Crippen molar-refractivity contribution in [2.24, 2.45) is 0 Å². The van der Waals surface area contributed by atoms with Crippen molar-refractivity contribution in [2.45, 2.75) is 44.4 Å². The van der Waals surface area contributed by atoms with Crippen molar-refractivity contribution in [3.63, 3.8) is 0 Å². The van der Waals surface area contributed by atoms with E-state index in [-0.39, 0.29) is 11.8 Å². The molecule has 1 aliphatic rings. The van der Waals surface area contributed by atoms with Gasteiger partial charge in [-0.1, -0.05) is 19.8 Å². The summed E-state index contributed by atoms with van der Waals surface area (Å²) < 4.78 is 0. The molecule has 1 aromatic rings. The molecule has 1 aromatic heterocycles. The number of aliphatic carboxylic acids is 1. The Morgan fingerprint density at radius 2 is 2.13 bits per heavy atom. The van der Waals surface area contributed by atoms with E-state index in [1.165, 1.54) is 24.2 Å². The maximum atomic E-state index is 10.5. The molecule has 0 spiro atoms. The fourth-order valence-electron chi connectivity index (χ4n) is 2.07. The highest BCUT2D eigenvalue weighted by atomic mass is 32.1. The maximum Gasteiger partial charge on any atom is 0.310 e. The van der Waals surface area contributed by atoms with Gasteiger partial charge in [-0.2, -0.15) is 0 Å². The summed E-state index contributed by atoms with van der Waals surface area (Å²) in [5.41, 5.74) is 0.147. The third kappa shape index (κ3) is 2.17. The van der Waals surface area contributed by atoms with Crippen LogP contribution in [-0.2, 0) is 16.6 Å². The number of nitrogens with zero attached hydrogens (tertiary/aromatic N) is 2. The minimum atomic E-state index is -0.839. The molecule has 0 amide bonds. The summed E-state index contributed by atoms with van der Waals surface area (Å²) in [7, 11) is 0. The van der Waals surface area contributed by atoms with Gasteiger partial charge < -0.3 is 5.11 Å². The Kier molecular flexibility index (Phi) is 2.73. The van der Waals surface area contributed by atoms with Gasteiger partial charge in [-0.15, -0.1) is 21.5 Å². The lowest BCUT2D eigenvalue weighted by atomic mass is 9.90. The number of hydrogen-bond acceptors (Lipinski definition) is 4. The minimum absolute atomic E-state index is 0.00620. The molecule has 15 heavy (non-hydrogen) atoms. The summed E-state index contributed by atoms with van der Waals surface area (Å²) in [6, 6.07) is 0. The van der Waals surface area contributed by atoms with E-state index in [0.29, 0.717) is 5.01 Å². The molecule has 2 rings (SSSR count). The molecular weight excluding hydrogens is 212 g/mol. The van der Waals surface area contributed by atoms with Crippen molar-refractivity contribution < 1.29 is 9.90 Å². The summed E-state index contributed by atoms with van der Waals surface area (Å²) in [5, 5.41) is 18.3. The van der Waals surface area contributed by atoms with E-state index in [0.717, 1.165) is 17.8 Å². The average molecular weight is 226 g/mol. The van der Waals surface area contributed by atoms with Crippen molar-refractivity contribution >= 4 is 17.3 Å². The van der Waals surface area contributed by atoms with Crippen molar-refractivity contribution in [1.29, 1.82) is 0 Å². The highest BCUT2D eigenvalue weighted by molar-refractivity contribution is 7.11. The number of rotatable bonds is 3. The molecule has 1 fully saturated rings. The lowest BCUT2D eigenvalue weighted by molar-refractivity contribution is -0.136. The molecule has 1 saturated carbocycles. The average Bonchev–Trinajstić information content (AvgIpc) is 2.74. The second kappa shape index (κ2) is 3.89. The molecule has 0 aromatic carbocycles. The Hall–Kier alpha value is -0.970. The first-order valence-corrected chi connectivity index (χ1v) is 5.96. The number of carboxylic acids is 1. The van der Waals surface area contributed by atoms with Crippen LogP contribution in [0.15, 0.2) is 0 Å². The fraction of sp³-hybridized carbons (Fsp3) is 0.700. The van der Waals surface area contributed by atoms with E-state index in [1.54, 1.807) is 0 Å². The predicted molar refractivity (Wildman–Crippen MR) is 57.1 cm³/mol. The van der Waals surface area contributed by atoms with Crippen LogP contribution in [-0.4, -0.2) is 21.3 Å². The van der Waals surface area contributed by atoms with Crippen LogP contribution in [0, 0.1) is 0 Å². The predicted octanol–water partition coefficient (Wildman–Crippen LogP) is 2.00. The molecule has 82 valence electrons. The highest BCUT2D eigenvalue weighted by Gasteiger charge is 2.34. The SMILES string of the molecule is CC1(c2nnc(CC(=O)O)s2)CCCC1. The van der Waals surface area contributed by atoms with Gasteiger partial charge in [0.15, 0.2) is 0 Å². The molecule has 0 saturated heterocycles. The van der Waals surface area contributed by atoms with Crippen molar-refractivity contribution in [3.8, 4) is 0 Å². The van der Waals surface area contributed by atoms with Crippen molar-refractivity contribution in [1.82, 2.24) is 10.2 Å². The Morgan fingerprint density at radius 1 is 1.47 bits per heavy atom. The summed E-state index contributed by atoms with van der Waals surface area (Å²) in [5.74, 6) is -0.839. The van der Waals surface area contributed by atoms with E-state index < -0.39 is 5.97 Å². The van der Waals surface area contributed by atoms with Crippen LogP contribution in [0.5, 0.6) is 0 Å². The monoisotopic (exact) mass is 226 g/mol. The molecule has 0 aliphatic heterocycles. The molecule has 0 unspecified atom stereocenters. The number of carboxylic acid groups (broad SMARTS) is 1. The van der Waals surface area contributed by atoms with Gasteiger partial charge in [0.25, 0.3) is 0 Å². The zero-order chi connectivity index (χ0) is 10.9. The van der Waals surface area contributed by atoms with E-state index in [9.17, 15) is 4.79 Å². The molecule has 1 aliphatic carbocycles. The van der Waals surface area contributed by atoms with Crippen LogP contribution in [0.25, 0.3) is 0 Å². The van der Waals surface area contributed by atoms with E-state index in [4.69, 9.17) is 5.11 Å². The van der Waals surface area contributed by atoms with Gasteiger partial charge in [0.2, 0.25) is 0 Å². The summed E-state index contributed by atoms with van der Waals surface area (Å²) in [6.45, 7) is 2.20. The lowest BCUT2D eigenvalue weighted by Crippen LogP contribution is -2.16. The molecule has 1 N–H and O–H groups in total. The van der Waals surface area contributed by atoms with Gasteiger partial charge in [-0.25, -0.2) is 0 Å². The van der Waals surface area contributed by atoms with Crippen molar-refractivity contribution in [2.75, 3.05) is 0 Å².